The highest BCUT2D eigenvalue weighted by Crippen LogP contribution is 2.13. The van der Waals surface area contributed by atoms with Gasteiger partial charge in [0.25, 0.3) is 0 Å². The highest BCUT2D eigenvalue weighted by atomic mass is 16.5. The van der Waals surface area contributed by atoms with Crippen LogP contribution in [0.3, 0.4) is 0 Å². The first-order chi connectivity index (χ1) is 8.78. The molecule has 0 amide bonds. The third-order valence-corrected chi connectivity index (χ3v) is 2.64. The zero-order chi connectivity index (χ0) is 12.8. The number of nitrogens with one attached hydrogen (secondary N) is 1. The van der Waals surface area contributed by atoms with E-state index in [1.165, 1.54) is 5.56 Å². The Bertz CT molecular complexity index is 497. The Balaban J connectivity index is 1.86. The summed E-state index contributed by atoms with van der Waals surface area (Å²) in [4.78, 5) is 4.18. The minimum absolute atomic E-state index is 0.674. The first kappa shape index (κ1) is 12.2. The van der Waals surface area contributed by atoms with Crippen LogP contribution in [0.4, 0.5) is 11.5 Å². The van der Waals surface area contributed by atoms with Crippen molar-refractivity contribution in [3.63, 3.8) is 0 Å². The second-order valence-electron chi connectivity index (χ2n) is 4.01. The highest BCUT2D eigenvalue weighted by molar-refractivity contribution is 5.43. The Morgan fingerprint density at radius 1 is 1.28 bits per heavy atom. The van der Waals surface area contributed by atoms with Gasteiger partial charge in [0.2, 0.25) is 0 Å². The van der Waals surface area contributed by atoms with Gasteiger partial charge in [-0.3, -0.25) is 0 Å². The quantitative estimate of drug-likeness (QED) is 0.846. The molecule has 18 heavy (non-hydrogen) atoms. The fourth-order valence-electron chi connectivity index (χ4n) is 1.67. The van der Waals surface area contributed by atoms with E-state index in [0.29, 0.717) is 5.69 Å². The lowest BCUT2D eigenvalue weighted by molar-refractivity contribution is 0.414. The number of hydrogen-bond donors (Lipinski definition) is 2. The molecule has 4 nitrogen and oxygen atoms in total. The molecule has 0 fully saturated rings. The first-order valence-electron chi connectivity index (χ1n) is 5.86. The van der Waals surface area contributed by atoms with E-state index in [2.05, 4.69) is 16.4 Å². The highest BCUT2D eigenvalue weighted by Gasteiger charge is 1.97. The molecule has 1 aromatic heterocycles. The van der Waals surface area contributed by atoms with Gasteiger partial charge in [-0.1, -0.05) is 12.1 Å². The SMILES string of the molecule is COc1cccc(CCNc2ccc(N)cn2)c1. The Kier molecular flexibility index (Phi) is 4.02. The van der Waals surface area contributed by atoms with Gasteiger partial charge < -0.3 is 15.8 Å². The summed E-state index contributed by atoms with van der Waals surface area (Å²) in [6.07, 6.45) is 2.57. The molecule has 0 spiro atoms. The molecule has 0 saturated heterocycles. The molecule has 94 valence electrons. The van der Waals surface area contributed by atoms with E-state index in [-0.39, 0.29) is 0 Å². The standard InChI is InChI=1S/C14H17N3O/c1-18-13-4-2-3-11(9-13)7-8-16-14-6-5-12(15)10-17-14/h2-6,9-10H,7-8,15H2,1H3,(H,16,17). The van der Waals surface area contributed by atoms with Crippen molar-refractivity contribution in [2.75, 3.05) is 24.7 Å². The number of benzene rings is 1. The number of ether oxygens (including phenoxy) is 1. The van der Waals surface area contributed by atoms with Crippen LogP contribution < -0.4 is 15.8 Å². The van der Waals surface area contributed by atoms with Crippen molar-refractivity contribution in [3.05, 3.63) is 48.2 Å². The second-order valence-corrected chi connectivity index (χ2v) is 4.01. The maximum Gasteiger partial charge on any atom is 0.126 e. The van der Waals surface area contributed by atoms with Crippen LogP contribution in [-0.2, 0) is 6.42 Å². The van der Waals surface area contributed by atoms with Gasteiger partial charge in [-0.25, -0.2) is 4.98 Å². The number of nitrogens with two attached hydrogens (primary N) is 1. The third-order valence-electron chi connectivity index (χ3n) is 2.64. The lowest BCUT2D eigenvalue weighted by Crippen LogP contribution is -2.06. The predicted octanol–water partition coefficient (Wildman–Crippen LogP) is 2.33. The zero-order valence-electron chi connectivity index (χ0n) is 10.4. The summed E-state index contributed by atoms with van der Waals surface area (Å²) in [5, 5.41) is 3.25. The normalized spacial score (nSPS) is 10.1. The number of rotatable bonds is 5. The average molecular weight is 243 g/mol. The Morgan fingerprint density at radius 2 is 2.17 bits per heavy atom. The number of hydrogen-bond acceptors (Lipinski definition) is 4. The predicted molar refractivity (Wildman–Crippen MR) is 73.8 cm³/mol. The largest absolute Gasteiger partial charge is 0.497 e. The van der Waals surface area contributed by atoms with Gasteiger partial charge in [-0.15, -0.1) is 0 Å². The third kappa shape index (κ3) is 3.38. The van der Waals surface area contributed by atoms with Crippen molar-refractivity contribution < 1.29 is 4.74 Å². The number of nitrogens with zero attached hydrogens (tertiary/aromatic N) is 1. The van der Waals surface area contributed by atoms with Gasteiger partial charge in [0.1, 0.15) is 11.6 Å². The van der Waals surface area contributed by atoms with Crippen molar-refractivity contribution in [2.24, 2.45) is 0 Å². The van der Waals surface area contributed by atoms with Gasteiger partial charge in [-0.05, 0) is 36.2 Å². The van der Waals surface area contributed by atoms with Crippen molar-refractivity contribution in [2.45, 2.75) is 6.42 Å². The van der Waals surface area contributed by atoms with Crippen LogP contribution >= 0.6 is 0 Å². The maximum absolute atomic E-state index is 5.57. The molecule has 0 bridgehead atoms. The molecular weight excluding hydrogens is 226 g/mol. The number of methoxy groups -OCH3 is 1. The molecule has 4 heteroatoms. The Labute approximate surface area is 107 Å². The van der Waals surface area contributed by atoms with Crippen molar-refractivity contribution in [1.29, 1.82) is 0 Å². The molecular formula is C14H17N3O. The zero-order valence-corrected chi connectivity index (χ0v) is 10.4. The van der Waals surface area contributed by atoms with Crippen LogP contribution in [0.2, 0.25) is 0 Å². The smallest absolute Gasteiger partial charge is 0.126 e. The summed E-state index contributed by atoms with van der Waals surface area (Å²) in [6, 6.07) is 11.8. The van der Waals surface area contributed by atoms with Crippen molar-refractivity contribution in [3.8, 4) is 5.75 Å². The van der Waals surface area contributed by atoms with E-state index >= 15 is 0 Å². The van der Waals surface area contributed by atoms with E-state index in [1.807, 2.05) is 30.3 Å². The molecule has 0 saturated carbocycles. The van der Waals surface area contributed by atoms with E-state index < -0.39 is 0 Å². The number of pyridine rings is 1. The molecule has 2 aromatic rings. The summed E-state index contributed by atoms with van der Waals surface area (Å²) in [5.41, 5.74) is 7.48. The van der Waals surface area contributed by atoms with E-state index in [9.17, 15) is 0 Å². The number of anilines is 2. The lowest BCUT2D eigenvalue weighted by Gasteiger charge is -2.07. The van der Waals surface area contributed by atoms with Gasteiger partial charge in [0.15, 0.2) is 0 Å². The second kappa shape index (κ2) is 5.91. The van der Waals surface area contributed by atoms with Crippen LogP contribution in [-0.4, -0.2) is 18.6 Å². The minimum Gasteiger partial charge on any atom is -0.497 e. The summed E-state index contributed by atoms with van der Waals surface area (Å²) < 4.78 is 5.19. The molecule has 1 heterocycles. The van der Waals surface area contributed by atoms with Crippen LogP contribution in [0.25, 0.3) is 0 Å². The molecule has 0 aliphatic heterocycles. The summed E-state index contributed by atoms with van der Waals surface area (Å²) >= 11 is 0. The molecule has 3 N–H and O–H groups in total. The van der Waals surface area contributed by atoms with Crippen LogP contribution in [0, 0.1) is 0 Å². The Morgan fingerprint density at radius 3 is 2.89 bits per heavy atom. The van der Waals surface area contributed by atoms with Crippen LogP contribution in [0.5, 0.6) is 5.75 Å². The summed E-state index contributed by atoms with van der Waals surface area (Å²) in [6.45, 7) is 0.823. The van der Waals surface area contributed by atoms with E-state index in [1.54, 1.807) is 13.3 Å². The van der Waals surface area contributed by atoms with Gasteiger partial charge in [0, 0.05) is 6.54 Å². The van der Waals surface area contributed by atoms with Crippen LogP contribution in [0.15, 0.2) is 42.6 Å². The number of nitrogen functional groups attached to an aromatic ring is 1. The molecule has 1 aromatic carbocycles. The summed E-state index contributed by atoms with van der Waals surface area (Å²) in [7, 11) is 1.68. The van der Waals surface area contributed by atoms with E-state index in [0.717, 1.165) is 24.5 Å². The average Bonchev–Trinajstić information content (AvgIpc) is 2.41. The molecule has 2 rings (SSSR count). The van der Waals surface area contributed by atoms with E-state index in [4.69, 9.17) is 10.5 Å². The molecule has 0 unspecified atom stereocenters. The van der Waals surface area contributed by atoms with Gasteiger partial charge >= 0.3 is 0 Å². The molecule has 0 aliphatic carbocycles. The number of aromatic nitrogens is 1. The van der Waals surface area contributed by atoms with Gasteiger partial charge in [-0.2, -0.15) is 0 Å². The fraction of sp³-hybridized carbons (Fsp3) is 0.214. The fourth-order valence-corrected chi connectivity index (χ4v) is 1.67. The Hall–Kier alpha value is -2.23. The maximum atomic E-state index is 5.57. The molecule has 0 atom stereocenters. The van der Waals surface area contributed by atoms with Gasteiger partial charge in [0.05, 0.1) is 19.0 Å². The molecule has 0 aliphatic rings. The monoisotopic (exact) mass is 243 g/mol. The molecule has 0 radical (unpaired) electrons. The first-order valence-corrected chi connectivity index (χ1v) is 5.86. The summed E-state index contributed by atoms with van der Waals surface area (Å²) in [5.74, 6) is 1.73. The minimum atomic E-state index is 0.674. The van der Waals surface area contributed by atoms with Crippen molar-refractivity contribution in [1.82, 2.24) is 4.98 Å². The van der Waals surface area contributed by atoms with Crippen molar-refractivity contribution >= 4 is 11.5 Å². The van der Waals surface area contributed by atoms with Crippen LogP contribution in [0.1, 0.15) is 5.56 Å². The lowest BCUT2D eigenvalue weighted by atomic mass is 10.1. The topological polar surface area (TPSA) is 60.2 Å².